The number of hydrogen-bond acceptors (Lipinski definition) is 5. The molecular weight excluding hydrogens is 328 g/mol. The molecule has 0 amide bonds. The normalized spacial score (nSPS) is 11.2. The van der Waals surface area contributed by atoms with E-state index in [1.807, 2.05) is 0 Å². The molecule has 2 heterocycles. The van der Waals surface area contributed by atoms with Crippen LogP contribution in [-0.2, 0) is 11.8 Å². The van der Waals surface area contributed by atoms with Crippen LogP contribution in [0.1, 0.15) is 41.4 Å². The van der Waals surface area contributed by atoms with E-state index in [0.29, 0.717) is 18.8 Å². The van der Waals surface area contributed by atoms with Crippen LogP contribution < -0.4 is 0 Å². The predicted molar refractivity (Wildman–Crippen MR) is 78.7 cm³/mol. The molecule has 2 aromatic rings. The Hall–Kier alpha value is -2.71. The van der Waals surface area contributed by atoms with Crippen LogP contribution in [0.5, 0.6) is 0 Å². The quantitative estimate of drug-likeness (QED) is 0.627. The minimum Gasteiger partial charge on any atom is -0.298 e. The molecule has 0 atom stereocenters. The molecule has 0 saturated heterocycles. The van der Waals surface area contributed by atoms with E-state index >= 15 is 0 Å². The lowest BCUT2D eigenvalue weighted by atomic mass is 10.3. The molecular formula is C15H14F4N4O. The number of carbonyl (C=O) groups is 1. The molecule has 24 heavy (non-hydrogen) atoms. The number of aromatic nitrogens is 4. The van der Waals surface area contributed by atoms with Gasteiger partial charge in [0.2, 0.25) is 0 Å². The monoisotopic (exact) mass is 342 g/mol. The summed E-state index contributed by atoms with van der Waals surface area (Å²) in [5.74, 6) is -7.07. The summed E-state index contributed by atoms with van der Waals surface area (Å²) >= 11 is 0. The summed E-state index contributed by atoms with van der Waals surface area (Å²) in [5, 5.41) is 0. The Balaban J connectivity index is 0.000000240. The predicted octanol–water partition coefficient (Wildman–Crippen LogP) is 3.63. The van der Waals surface area contributed by atoms with Crippen molar-refractivity contribution in [2.45, 2.75) is 25.7 Å². The lowest BCUT2D eigenvalue weighted by Crippen LogP contribution is -2.12. The Labute approximate surface area is 135 Å². The Morgan fingerprint density at radius 1 is 0.833 bits per heavy atom. The fourth-order valence-corrected chi connectivity index (χ4v) is 1.30. The highest BCUT2D eigenvalue weighted by molar-refractivity contribution is 5.73. The second-order valence-corrected chi connectivity index (χ2v) is 4.78. The fourth-order valence-electron chi connectivity index (χ4n) is 1.30. The van der Waals surface area contributed by atoms with Crippen LogP contribution in [0.4, 0.5) is 17.6 Å². The molecule has 0 radical (unpaired) electrons. The molecule has 0 fully saturated rings. The summed E-state index contributed by atoms with van der Waals surface area (Å²) in [6.45, 7) is 4.91. The molecule has 128 valence electrons. The van der Waals surface area contributed by atoms with Crippen molar-refractivity contribution in [1.82, 2.24) is 19.9 Å². The van der Waals surface area contributed by atoms with Gasteiger partial charge in [0, 0.05) is 44.2 Å². The number of halogens is 4. The zero-order chi connectivity index (χ0) is 18.4. The fraction of sp³-hybridized carbons (Fsp3) is 0.267. The lowest BCUT2D eigenvalue weighted by molar-refractivity contribution is 0.00705. The molecule has 0 aliphatic rings. The molecule has 0 spiro atoms. The summed E-state index contributed by atoms with van der Waals surface area (Å²) in [6, 6.07) is 0. The molecule has 0 aromatic carbocycles. The first-order valence-corrected chi connectivity index (χ1v) is 6.56. The maximum absolute atomic E-state index is 12.5. The molecule has 2 aromatic heterocycles. The van der Waals surface area contributed by atoms with Gasteiger partial charge < -0.3 is 0 Å². The van der Waals surface area contributed by atoms with Crippen molar-refractivity contribution in [3.63, 3.8) is 0 Å². The number of nitrogens with zero attached hydrogens (tertiary/aromatic N) is 4. The van der Waals surface area contributed by atoms with Gasteiger partial charge in [0.25, 0.3) is 0 Å². The second-order valence-electron chi connectivity index (χ2n) is 4.78. The van der Waals surface area contributed by atoms with Crippen LogP contribution in [-0.4, -0.2) is 26.2 Å². The molecule has 0 N–H and O–H groups in total. The van der Waals surface area contributed by atoms with Gasteiger partial charge in [-0.1, -0.05) is 12.7 Å². The van der Waals surface area contributed by atoms with Crippen LogP contribution in [0.25, 0.3) is 6.08 Å². The van der Waals surface area contributed by atoms with Crippen molar-refractivity contribution in [2.75, 3.05) is 0 Å². The van der Waals surface area contributed by atoms with E-state index in [2.05, 4.69) is 26.5 Å². The summed E-state index contributed by atoms with van der Waals surface area (Å²) in [7, 11) is 0. The van der Waals surface area contributed by atoms with Gasteiger partial charge in [0.05, 0.1) is 5.56 Å². The van der Waals surface area contributed by atoms with E-state index < -0.39 is 23.5 Å². The van der Waals surface area contributed by atoms with E-state index in [-0.39, 0.29) is 5.56 Å². The smallest absolute Gasteiger partial charge is 0.298 e. The summed E-state index contributed by atoms with van der Waals surface area (Å²) in [6.07, 6.45) is 6.74. The van der Waals surface area contributed by atoms with Gasteiger partial charge in [-0.3, -0.25) is 4.79 Å². The van der Waals surface area contributed by atoms with Crippen LogP contribution in [0, 0.1) is 0 Å². The lowest BCUT2D eigenvalue weighted by Gasteiger charge is -2.06. The van der Waals surface area contributed by atoms with Gasteiger partial charge in [-0.25, -0.2) is 19.9 Å². The van der Waals surface area contributed by atoms with Crippen LogP contribution in [0.3, 0.4) is 0 Å². The topological polar surface area (TPSA) is 68.6 Å². The van der Waals surface area contributed by atoms with Crippen LogP contribution in [0.2, 0.25) is 0 Å². The Morgan fingerprint density at radius 3 is 1.42 bits per heavy atom. The summed E-state index contributed by atoms with van der Waals surface area (Å²) in [4.78, 5) is 23.7. The SMILES string of the molecule is C=Cc1cnc(C(C)(F)F)nc1.CC(F)(F)c1ncc(C=O)cn1. The maximum atomic E-state index is 12.5. The maximum Gasteiger partial charge on any atom is 0.303 e. The number of rotatable bonds is 4. The van der Waals surface area contributed by atoms with Crippen molar-refractivity contribution in [3.8, 4) is 0 Å². The summed E-state index contributed by atoms with van der Waals surface area (Å²) in [5.41, 5.74) is 0.811. The molecule has 5 nitrogen and oxygen atoms in total. The Bertz CT molecular complexity index is 615. The average Bonchev–Trinajstić information content (AvgIpc) is 2.54. The highest BCUT2D eigenvalue weighted by atomic mass is 19.3. The Morgan fingerprint density at radius 2 is 1.17 bits per heavy atom. The third kappa shape index (κ3) is 5.82. The highest BCUT2D eigenvalue weighted by Gasteiger charge is 2.28. The first-order chi connectivity index (χ1) is 11.1. The van der Waals surface area contributed by atoms with Gasteiger partial charge >= 0.3 is 11.8 Å². The zero-order valence-electron chi connectivity index (χ0n) is 12.9. The zero-order valence-corrected chi connectivity index (χ0v) is 12.9. The van der Waals surface area contributed by atoms with E-state index in [0.717, 1.165) is 19.3 Å². The van der Waals surface area contributed by atoms with Gasteiger partial charge in [-0.15, -0.1) is 0 Å². The second kappa shape index (κ2) is 7.71. The molecule has 0 unspecified atom stereocenters. The standard InChI is InChI=1S/C8H8F2N2.C7H6F2N2O/c1-3-6-4-11-7(12-5-6)8(2,9)10;1-7(8,9)6-10-2-5(4-12)3-11-6/h3-5H,1H2,2H3;2-4H,1H3. The highest BCUT2D eigenvalue weighted by Crippen LogP contribution is 2.23. The minimum absolute atomic E-state index is 0.183. The van der Waals surface area contributed by atoms with Crippen molar-refractivity contribution in [2.24, 2.45) is 0 Å². The van der Waals surface area contributed by atoms with E-state index in [1.165, 1.54) is 18.5 Å². The van der Waals surface area contributed by atoms with Crippen molar-refractivity contribution < 1.29 is 22.4 Å². The molecule has 0 aliphatic heterocycles. The van der Waals surface area contributed by atoms with E-state index in [9.17, 15) is 22.4 Å². The van der Waals surface area contributed by atoms with Gasteiger partial charge in [-0.05, 0) is 0 Å². The number of aldehydes is 1. The third-order valence-electron chi connectivity index (χ3n) is 2.50. The summed E-state index contributed by atoms with van der Waals surface area (Å²) < 4.78 is 50.0. The number of alkyl halides is 4. The first-order valence-electron chi connectivity index (χ1n) is 6.56. The van der Waals surface area contributed by atoms with E-state index in [1.54, 1.807) is 0 Å². The van der Waals surface area contributed by atoms with Crippen molar-refractivity contribution in [1.29, 1.82) is 0 Å². The van der Waals surface area contributed by atoms with Gasteiger partial charge in [-0.2, -0.15) is 17.6 Å². The first kappa shape index (κ1) is 19.3. The molecule has 0 aliphatic carbocycles. The minimum atomic E-state index is -3.05. The molecule has 0 bridgehead atoms. The molecule has 0 saturated carbocycles. The van der Waals surface area contributed by atoms with Crippen molar-refractivity contribution in [3.05, 3.63) is 54.1 Å². The van der Waals surface area contributed by atoms with Crippen LogP contribution in [0.15, 0.2) is 31.4 Å². The van der Waals surface area contributed by atoms with Crippen LogP contribution >= 0.6 is 0 Å². The molecule has 2 rings (SSSR count). The number of carbonyl (C=O) groups excluding carboxylic acids is 1. The average molecular weight is 342 g/mol. The largest absolute Gasteiger partial charge is 0.303 e. The third-order valence-corrected chi connectivity index (χ3v) is 2.50. The van der Waals surface area contributed by atoms with Gasteiger partial charge in [0.15, 0.2) is 17.9 Å². The number of hydrogen-bond donors (Lipinski definition) is 0. The Kier molecular flexibility index (Phi) is 6.21. The van der Waals surface area contributed by atoms with Crippen molar-refractivity contribution >= 4 is 12.4 Å². The molecule has 9 heteroatoms. The van der Waals surface area contributed by atoms with E-state index in [4.69, 9.17) is 0 Å². The van der Waals surface area contributed by atoms with Gasteiger partial charge in [0.1, 0.15) is 0 Å².